The summed E-state index contributed by atoms with van der Waals surface area (Å²) in [6, 6.07) is 11.2. The molecule has 1 amide bonds. The predicted molar refractivity (Wildman–Crippen MR) is 101 cm³/mol. The van der Waals surface area contributed by atoms with Crippen molar-refractivity contribution in [2.75, 3.05) is 24.8 Å². The molecule has 150 valence electrons. The molecular weight excluding hydrogens is 387 g/mol. The fourth-order valence-corrected chi connectivity index (χ4v) is 2.45. The van der Waals surface area contributed by atoms with Gasteiger partial charge in [-0.05, 0) is 30.3 Å². The molecule has 29 heavy (non-hydrogen) atoms. The average Bonchev–Trinajstić information content (AvgIpc) is 2.72. The van der Waals surface area contributed by atoms with Crippen LogP contribution in [0.25, 0.3) is 0 Å². The van der Waals surface area contributed by atoms with Gasteiger partial charge in [0.05, 0.1) is 12.7 Å². The van der Waals surface area contributed by atoms with E-state index in [1.807, 2.05) is 0 Å². The van der Waals surface area contributed by atoms with Crippen LogP contribution >= 0.6 is 0 Å². The molecule has 0 radical (unpaired) electrons. The van der Waals surface area contributed by atoms with Gasteiger partial charge in [-0.1, -0.05) is 6.07 Å². The van der Waals surface area contributed by atoms with Crippen molar-refractivity contribution in [1.82, 2.24) is 4.98 Å². The Morgan fingerprint density at radius 3 is 2.52 bits per heavy atom. The first-order valence-corrected chi connectivity index (χ1v) is 8.38. The second kappa shape index (κ2) is 8.51. The Labute approximate surface area is 164 Å². The molecule has 3 aromatic rings. The molecule has 2 aromatic carbocycles. The molecule has 1 aromatic heterocycles. The summed E-state index contributed by atoms with van der Waals surface area (Å²) in [4.78, 5) is 16.3. The minimum Gasteiger partial charge on any atom is -0.493 e. The van der Waals surface area contributed by atoms with Gasteiger partial charge >= 0.3 is 0 Å². The molecule has 6 nitrogen and oxygen atoms in total. The number of benzene rings is 2. The van der Waals surface area contributed by atoms with Gasteiger partial charge in [-0.2, -0.15) is 4.98 Å². The molecule has 9 heteroatoms. The molecule has 0 saturated heterocycles. The van der Waals surface area contributed by atoms with Crippen molar-refractivity contribution in [2.24, 2.45) is 0 Å². The first kappa shape index (κ1) is 20.0. The number of nitrogens with one attached hydrogen (secondary N) is 2. The number of pyridine rings is 1. The number of ether oxygens (including phenoxy) is 2. The van der Waals surface area contributed by atoms with E-state index in [1.165, 1.54) is 13.2 Å². The number of methoxy groups -OCH3 is 1. The van der Waals surface area contributed by atoms with Gasteiger partial charge in [0.2, 0.25) is 5.88 Å². The molecule has 0 saturated carbocycles. The number of hydrogen-bond donors (Lipinski definition) is 2. The topological polar surface area (TPSA) is 72.5 Å². The van der Waals surface area contributed by atoms with Gasteiger partial charge in [-0.3, -0.25) is 4.79 Å². The molecule has 0 bridgehead atoms. The molecule has 2 N–H and O–H groups in total. The summed E-state index contributed by atoms with van der Waals surface area (Å²) in [5, 5.41) is 5.29. The fourth-order valence-electron chi connectivity index (χ4n) is 2.45. The van der Waals surface area contributed by atoms with Crippen molar-refractivity contribution in [3.63, 3.8) is 0 Å². The standard InChI is InChI=1S/C20H16F3N3O3/c1-24-11-6-9-14(15(10-11)28-2)29-17-5-3-4-16(25-17)26-20(27)12-7-8-13(21)19(23)18(12)22/h3-10,24H,1-2H3,(H,25,26,27). The normalized spacial score (nSPS) is 10.4. The molecular formula is C20H16F3N3O3. The van der Waals surface area contributed by atoms with E-state index in [2.05, 4.69) is 15.6 Å². The van der Waals surface area contributed by atoms with Crippen LogP contribution in [-0.2, 0) is 0 Å². The number of anilines is 2. The van der Waals surface area contributed by atoms with E-state index >= 15 is 0 Å². The Morgan fingerprint density at radius 1 is 1.00 bits per heavy atom. The number of rotatable bonds is 6. The lowest BCUT2D eigenvalue weighted by atomic mass is 10.2. The summed E-state index contributed by atoms with van der Waals surface area (Å²) in [6.45, 7) is 0. The van der Waals surface area contributed by atoms with Crippen molar-refractivity contribution < 1.29 is 27.4 Å². The Kier molecular flexibility index (Phi) is 5.87. The second-order valence-electron chi connectivity index (χ2n) is 5.76. The molecule has 0 fully saturated rings. The third-order valence-electron chi connectivity index (χ3n) is 3.91. The summed E-state index contributed by atoms with van der Waals surface area (Å²) >= 11 is 0. The zero-order valence-electron chi connectivity index (χ0n) is 15.4. The number of aromatic nitrogens is 1. The Hall–Kier alpha value is -3.75. The molecule has 0 unspecified atom stereocenters. The minimum absolute atomic E-state index is 0.0300. The van der Waals surface area contributed by atoms with Gasteiger partial charge in [0, 0.05) is 24.9 Å². The minimum atomic E-state index is -1.72. The Balaban J connectivity index is 1.80. The van der Waals surface area contributed by atoms with E-state index in [1.54, 1.807) is 37.4 Å². The summed E-state index contributed by atoms with van der Waals surface area (Å²) in [5.74, 6) is -4.67. The zero-order valence-corrected chi connectivity index (χ0v) is 15.4. The molecule has 0 spiro atoms. The monoisotopic (exact) mass is 403 g/mol. The van der Waals surface area contributed by atoms with Crippen LogP contribution in [0.4, 0.5) is 24.7 Å². The van der Waals surface area contributed by atoms with Crippen LogP contribution in [0.3, 0.4) is 0 Å². The largest absolute Gasteiger partial charge is 0.493 e. The highest BCUT2D eigenvalue weighted by molar-refractivity contribution is 6.04. The maximum absolute atomic E-state index is 13.8. The lowest BCUT2D eigenvalue weighted by molar-refractivity contribution is 0.102. The summed E-state index contributed by atoms with van der Waals surface area (Å²) < 4.78 is 51.1. The van der Waals surface area contributed by atoms with E-state index in [4.69, 9.17) is 9.47 Å². The highest BCUT2D eigenvalue weighted by atomic mass is 19.2. The lowest BCUT2D eigenvalue weighted by Gasteiger charge is -2.12. The number of nitrogens with zero attached hydrogens (tertiary/aromatic N) is 1. The van der Waals surface area contributed by atoms with Crippen LogP contribution in [0, 0.1) is 17.5 Å². The summed E-state index contributed by atoms with van der Waals surface area (Å²) in [7, 11) is 3.25. The molecule has 1 heterocycles. The lowest BCUT2D eigenvalue weighted by Crippen LogP contribution is -2.16. The fraction of sp³-hybridized carbons (Fsp3) is 0.100. The van der Waals surface area contributed by atoms with E-state index in [0.717, 1.165) is 11.8 Å². The quantitative estimate of drug-likeness (QED) is 0.589. The Morgan fingerprint density at radius 2 is 1.79 bits per heavy atom. The average molecular weight is 403 g/mol. The van der Waals surface area contributed by atoms with E-state index in [0.29, 0.717) is 17.6 Å². The summed E-state index contributed by atoms with van der Waals surface area (Å²) in [5.41, 5.74) is 0.165. The summed E-state index contributed by atoms with van der Waals surface area (Å²) in [6.07, 6.45) is 0. The van der Waals surface area contributed by atoms with Crippen molar-refractivity contribution in [3.05, 3.63) is 71.5 Å². The Bertz CT molecular complexity index is 1060. The number of amides is 1. The van der Waals surface area contributed by atoms with Crippen molar-refractivity contribution in [3.8, 4) is 17.4 Å². The smallest absolute Gasteiger partial charge is 0.259 e. The van der Waals surface area contributed by atoms with Gasteiger partial charge in [-0.25, -0.2) is 13.2 Å². The van der Waals surface area contributed by atoms with Crippen molar-refractivity contribution >= 4 is 17.4 Å². The van der Waals surface area contributed by atoms with Crippen LogP contribution in [0.15, 0.2) is 48.5 Å². The number of halogens is 3. The SMILES string of the molecule is CNc1ccc(Oc2cccc(NC(=O)c3ccc(F)c(F)c3F)n2)c(OC)c1. The van der Waals surface area contributed by atoms with Gasteiger partial charge in [0.1, 0.15) is 5.82 Å². The van der Waals surface area contributed by atoms with Crippen LogP contribution in [0.5, 0.6) is 17.4 Å². The van der Waals surface area contributed by atoms with E-state index < -0.39 is 28.9 Å². The number of hydrogen-bond acceptors (Lipinski definition) is 5. The molecule has 3 rings (SSSR count). The van der Waals surface area contributed by atoms with Crippen molar-refractivity contribution in [2.45, 2.75) is 0 Å². The molecule has 0 atom stereocenters. The maximum atomic E-state index is 13.8. The van der Waals surface area contributed by atoms with Crippen molar-refractivity contribution in [1.29, 1.82) is 0 Å². The van der Waals surface area contributed by atoms with Gasteiger partial charge in [-0.15, -0.1) is 0 Å². The first-order chi connectivity index (χ1) is 13.9. The van der Waals surface area contributed by atoms with Gasteiger partial charge in [0.25, 0.3) is 5.91 Å². The van der Waals surface area contributed by atoms with Gasteiger partial charge in [0.15, 0.2) is 29.0 Å². The highest BCUT2D eigenvalue weighted by Gasteiger charge is 2.19. The maximum Gasteiger partial charge on any atom is 0.259 e. The number of carbonyl (C=O) groups excluding carboxylic acids is 1. The van der Waals surface area contributed by atoms with Crippen LogP contribution in [0.2, 0.25) is 0 Å². The third kappa shape index (κ3) is 4.40. The molecule has 0 aliphatic carbocycles. The van der Waals surface area contributed by atoms with E-state index in [9.17, 15) is 18.0 Å². The van der Waals surface area contributed by atoms with Crippen LogP contribution < -0.4 is 20.1 Å². The van der Waals surface area contributed by atoms with Crippen LogP contribution in [-0.4, -0.2) is 25.0 Å². The highest BCUT2D eigenvalue weighted by Crippen LogP contribution is 2.33. The zero-order chi connectivity index (χ0) is 21.0. The molecule has 0 aliphatic rings. The number of carbonyl (C=O) groups is 1. The second-order valence-corrected chi connectivity index (χ2v) is 5.76. The van der Waals surface area contributed by atoms with Gasteiger partial charge < -0.3 is 20.1 Å². The predicted octanol–water partition coefficient (Wildman–Crippen LogP) is 4.59. The van der Waals surface area contributed by atoms with Crippen LogP contribution in [0.1, 0.15) is 10.4 Å². The molecule has 0 aliphatic heterocycles. The third-order valence-corrected chi connectivity index (χ3v) is 3.91. The van der Waals surface area contributed by atoms with E-state index in [-0.39, 0.29) is 11.7 Å². The first-order valence-electron chi connectivity index (χ1n) is 8.38.